The summed E-state index contributed by atoms with van der Waals surface area (Å²) in [6.45, 7) is 6.54. The zero-order valence-electron chi connectivity index (χ0n) is 14.2. The zero-order chi connectivity index (χ0) is 16.9. The quantitative estimate of drug-likeness (QED) is 0.483. The number of hydrogen-bond acceptors (Lipinski definition) is 3. The molecule has 5 nitrogen and oxygen atoms in total. The Hall–Kier alpha value is -2.06. The van der Waals surface area contributed by atoms with Crippen molar-refractivity contribution >= 4 is 5.96 Å². The number of aliphatic hydroxyl groups excluding tert-OH is 1. The molecular weight excluding hydrogens is 288 g/mol. The van der Waals surface area contributed by atoms with Gasteiger partial charge in [0.2, 0.25) is 0 Å². The monoisotopic (exact) mass is 316 g/mol. The molecule has 1 aromatic carbocycles. The van der Waals surface area contributed by atoms with Gasteiger partial charge >= 0.3 is 0 Å². The summed E-state index contributed by atoms with van der Waals surface area (Å²) in [5.41, 5.74) is 1.67. The highest BCUT2D eigenvalue weighted by Gasteiger charge is 2.08. The molecular formula is C18H28N4O. The molecule has 1 rings (SSSR count). The van der Waals surface area contributed by atoms with Gasteiger partial charge < -0.3 is 15.7 Å². The van der Waals surface area contributed by atoms with E-state index in [1.54, 1.807) is 6.07 Å². The summed E-state index contributed by atoms with van der Waals surface area (Å²) >= 11 is 0. The summed E-state index contributed by atoms with van der Waals surface area (Å²) in [5.74, 6) is 1.23. The molecule has 1 aromatic rings. The zero-order valence-corrected chi connectivity index (χ0v) is 14.2. The molecule has 0 aliphatic carbocycles. The molecule has 0 fully saturated rings. The molecule has 0 radical (unpaired) electrons. The molecule has 3 N–H and O–H groups in total. The van der Waals surface area contributed by atoms with Gasteiger partial charge in [-0.05, 0) is 43.4 Å². The van der Waals surface area contributed by atoms with E-state index < -0.39 is 0 Å². The Kier molecular flexibility index (Phi) is 9.49. The molecule has 23 heavy (non-hydrogen) atoms. The van der Waals surface area contributed by atoms with Crippen LogP contribution in [0.4, 0.5) is 0 Å². The number of nitriles is 1. The van der Waals surface area contributed by atoms with E-state index in [2.05, 4.69) is 28.6 Å². The lowest BCUT2D eigenvalue weighted by Gasteiger charge is -2.18. The van der Waals surface area contributed by atoms with Gasteiger partial charge in [0.05, 0.1) is 18.2 Å². The second kappa shape index (κ2) is 11.5. The third-order valence-electron chi connectivity index (χ3n) is 3.61. The van der Waals surface area contributed by atoms with E-state index in [4.69, 9.17) is 10.4 Å². The van der Waals surface area contributed by atoms with Crippen LogP contribution in [0, 0.1) is 17.2 Å². The van der Waals surface area contributed by atoms with Crippen molar-refractivity contribution in [3.05, 3.63) is 35.4 Å². The first-order chi connectivity index (χ1) is 11.2. The minimum atomic E-state index is 0.223. The van der Waals surface area contributed by atoms with Gasteiger partial charge in [-0.1, -0.05) is 25.5 Å². The van der Waals surface area contributed by atoms with Crippen LogP contribution in [0.3, 0.4) is 0 Å². The van der Waals surface area contributed by atoms with Crippen LogP contribution in [0.1, 0.15) is 44.2 Å². The molecule has 1 atom stereocenters. The van der Waals surface area contributed by atoms with E-state index in [0.29, 0.717) is 18.0 Å². The Bertz CT molecular complexity index is 516. The van der Waals surface area contributed by atoms with Gasteiger partial charge in [-0.15, -0.1) is 0 Å². The van der Waals surface area contributed by atoms with Crippen LogP contribution in [0.25, 0.3) is 0 Å². The number of hydrogen-bond donors (Lipinski definition) is 3. The van der Waals surface area contributed by atoms with Crippen LogP contribution < -0.4 is 10.6 Å². The highest BCUT2D eigenvalue weighted by molar-refractivity contribution is 5.79. The molecule has 0 aromatic heterocycles. The molecule has 0 aliphatic heterocycles. The van der Waals surface area contributed by atoms with Crippen LogP contribution in [-0.4, -0.2) is 30.8 Å². The first kappa shape index (κ1) is 19.0. The third kappa shape index (κ3) is 7.66. The van der Waals surface area contributed by atoms with Crippen molar-refractivity contribution in [2.45, 2.75) is 39.7 Å². The maximum atomic E-state index is 9.13. The number of nitrogens with one attached hydrogen (secondary N) is 2. The fraction of sp³-hybridized carbons (Fsp3) is 0.556. The molecule has 0 aliphatic rings. The highest BCUT2D eigenvalue weighted by atomic mass is 16.3. The van der Waals surface area contributed by atoms with E-state index in [9.17, 15) is 0 Å². The Morgan fingerprint density at radius 3 is 2.78 bits per heavy atom. The van der Waals surface area contributed by atoms with Crippen molar-refractivity contribution in [3.8, 4) is 6.07 Å². The average Bonchev–Trinajstić information content (AvgIpc) is 2.57. The van der Waals surface area contributed by atoms with Gasteiger partial charge in [0.1, 0.15) is 0 Å². The Morgan fingerprint density at radius 1 is 1.30 bits per heavy atom. The van der Waals surface area contributed by atoms with E-state index >= 15 is 0 Å². The van der Waals surface area contributed by atoms with Crippen LogP contribution in [0.5, 0.6) is 0 Å². The van der Waals surface area contributed by atoms with Crippen LogP contribution >= 0.6 is 0 Å². The summed E-state index contributed by atoms with van der Waals surface area (Å²) in [6, 6.07) is 9.65. The van der Waals surface area contributed by atoms with Crippen molar-refractivity contribution in [2.75, 3.05) is 19.7 Å². The molecule has 0 bridgehead atoms. The lowest BCUT2D eigenvalue weighted by molar-refractivity contribution is 0.251. The largest absolute Gasteiger partial charge is 0.396 e. The second-order valence-electron chi connectivity index (χ2n) is 5.56. The fourth-order valence-corrected chi connectivity index (χ4v) is 2.43. The topological polar surface area (TPSA) is 80.4 Å². The van der Waals surface area contributed by atoms with E-state index in [1.165, 1.54) is 0 Å². The third-order valence-corrected chi connectivity index (χ3v) is 3.61. The van der Waals surface area contributed by atoms with Crippen molar-refractivity contribution in [3.63, 3.8) is 0 Å². The van der Waals surface area contributed by atoms with Gasteiger partial charge in [0, 0.05) is 19.7 Å². The Labute approximate surface area is 139 Å². The minimum Gasteiger partial charge on any atom is -0.396 e. The van der Waals surface area contributed by atoms with Gasteiger partial charge in [-0.25, -0.2) is 4.99 Å². The number of guanidine groups is 1. The smallest absolute Gasteiger partial charge is 0.191 e. The molecule has 0 heterocycles. The van der Waals surface area contributed by atoms with Crippen molar-refractivity contribution in [1.29, 1.82) is 5.26 Å². The molecule has 0 saturated carbocycles. The normalized spacial score (nSPS) is 12.5. The molecule has 1 unspecified atom stereocenters. The maximum absolute atomic E-state index is 9.13. The van der Waals surface area contributed by atoms with Crippen LogP contribution in [0.2, 0.25) is 0 Å². The van der Waals surface area contributed by atoms with E-state index in [-0.39, 0.29) is 6.61 Å². The summed E-state index contributed by atoms with van der Waals surface area (Å²) in [6.07, 6.45) is 3.02. The molecule has 0 spiro atoms. The lowest BCUT2D eigenvalue weighted by Crippen LogP contribution is -2.40. The van der Waals surface area contributed by atoms with Crippen molar-refractivity contribution < 1.29 is 5.11 Å². The second-order valence-corrected chi connectivity index (χ2v) is 5.56. The fourth-order valence-electron chi connectivity index (χ4n) is 2.43. The number of rotatable bonds is 9. The Balaban J connectivity index is 2.63. The van der Waals surface area contributed by atoms with Gasteiger partial charge in [-0.3, -0.25) is 0 Å². The van der Waals surface area contributed by atoms with Crippen molar-refractivity contribution in [1.82, 2.24) is 10.6 Å². The molecule has 126 valence electrons. The summed E-state index contributed by atoms with van der Waals surface area (Å²) < 4.78 is 0. The van der Waals surface area contributed by atoms with Crippen LogP contribution in [-0.2, 0) is 6.54 Å². The molecule has 5 heteroatoms. The lowest BCUT2D eigenvalue weighted by atomic mass is 10.0. The number of aliphatic imine (C=N–C) groups is 1. The van der Waals surface area contributed by atoms with Crippen LogP contribution in [0.15, 0.2) is 29.3 Å². The number of benzene rings is 1. The summed E-state index contributed by atoms with van der Waals surface area (Å²) in [5, 5.41) is 24.7. The summed E-state index contributed by atoms with van der Waals surface area (Å²) in [4.78, 5) is 4.57. The Morgan fingerprint density at radius 2 is 2.13 bits per heavy atom. The highest BCUT2D eigenvalue weighted by Crippen LogP contribution is 2.09. The van der Waals surface area contributed by atoms with Gasteiger partial charge in [-0.2, -0.15) is 5.26 Å². The van der Waals surface area contributed by atoms with E-state index in [1.807, 2.05) is 25.1 Å². The first-order valence-electron chi connectivity index (χ1n) is 8.35. The standard InChI is InChI=1S/C18H28N4O/c1-3-6-15(9-10-23)13-21-18(20-4-2)22-14-17-8-5-7-16(11-17)12-19/h5,7-8,11,15,23H,3-4,6,9-10,13-14H2,1-2H3,(H2,20,21,22). The predicted octanol–water partition coefficient (Wildman–Crippen LogP) is 2.41. The minimum absolute atomic E-state index is 0.223. The SMILES string of the molecule is CCCC(CCO)CNC(=NCc1cccc(C#N)c1)NCC. The predicted molar refractivity (Wildman–Crippen MR) is 94.1 cm³/mol. The van der Waals surface area contributed by atoms with Gasteiger partial charge in [0.25, 0.3) is 0 Å². The maximum Gasteiger partial charge on any atom is 0.191 e. The van der Waals surface area contributed by atoms with Crippen molar-refractivity contribution in [2.24, 2.45) is 10.9 Å². The molecule has 0 saturated heterocycles. The first-order valence-corrected chi connectivity index (χ1v) is 8.35. The molecule has 0 amide bonds. The number of nitrogens with zero attached hydrogens (tertiary/aromatic N) is 2. The summed E-state index contributed by atoms with van der Waals surface area (Å²) in [7, 11) is 0. The van der Waals surface area contributed by atoms with Gasteiger partial charge in [0.15, 0.2) is 5.96 Å². The van der Waals surface area contributed by atoms with E-state index in [0.717, 1.165) is 43.9 Å². The number of aliphatic hydroxyl groups is 1. The average molecular weight is 316 g/mol.